The topological polar surface area (TPSA) is 13.1 Å². The van der Waals surface area contributed by atoms with Crippen LogP contribution in [0, 0.1) is 12.3 Å². The summed E-state index contributed by atoms with van der Waals surface area (Å²) in [4.78, 5) is 0. The molecule has 1 heterocycles. The fourth-order valence-electron chi connectivity index (χ4n) is 1.14. The van der Waals surface area contributed by atoms with Crippen molar-refractivity contribution in [2.45, 2.75) is 18.3 Å². The highest BCUT2D eigenvalue weighted by molar-refractivity contribution is 5.34. The largest absolute Gasteiger partial charge is 0.468 e. The van der Waals surface area contributed by atoms with Gasteiger partial charge in [-0.2, -0.15) is 0 Å². The van der Waals surface area contributed by atoms with Gasteiger partial charge in [-0.3, -0.25) is 0 Å². The van der Waals surface area contributed by atoms with Crippen LogP contribution in [0.1, 0.15) is 18.6 Å². The highest BCUT2D eigenvalue weighted by atomic mass is 16.3. The number of rotatable bonds is 1. The minimum absolute atomic E-state index is 0.0243. The quantitative estimate of drug-likeness (QED) is 0.532. The first-order chi connectivity index (χ1) is 4.87. The Morgan fingerprint density at radius 3 is 2.80 bits per heavy atom. The number of hydrogen-bond acceptors (Lipinski definition) is 1. The summed E-state index contributed by atoms with van der Waals surface area (Å²) >= 11 is 0. The maximum atomic E-state index is 5.35. The van der Waals surface area contributed by atoms with Gasteiger partial charge in [0.25, 0.3) is 0 Å². The number of furan rings is 1. The second kappa shape index (κ2) is 1.67. The molecule has 0 atom stereocenters. The zero-order valence-electron chi connectivity index (χ0n) is 5.63. The molecule has 0 amide bonds. The van der Waals surface area contributed by atoms with E-state index in [9.17, 15) is 0 Å². The van der Waals surface area contributed by atoms with Gasteiger partial charge in [-0.15, -0.1) is 6.42 Å². The first-order valence-corrected chi connectivity index (χ1v) is 3.39. The third-order valence-electron chi connectivity index (χ3n) is 2.02. The van der Waals surface area contributed by atoms with Gasteiger partial charge < -0.3 is 4.42 Å². The third-order valence-corrected chi connectivity index (χ3v) is 2.02. The molecule has 0 radical (unpaired) electrons. The molecule has 10 heavy (non-hydrogen) atoms. The fraction of sp³-hybridized carbons (Fsp3) is 0.333. The lowest BCUT2D eigenvalue weighted by molar-refractivity contribution is 0.489. The van der Waals surface area contributed by atoms with Gasteiger partial charge in [-0.25, -0.2) is 0 Å². The van der Waals surface area contributed by atoms with Crippen LogP contribution in [0.3, 0.4) is 0 Å². The van der Waals surface area contributed by atoms with Gasteiger partial charge in [0, 0.05) is 0 Å². The number of terminal acetylenes is 1. The summed E-state index contributed by atoms with van der Waals surface area (Å²) in [7, 11) is 0. The maximum Gasteiger partial charge on any atom is 0.121 e. The van der Waals surface area contributed by atoms with Crippen LogP contribution in [0.15, 0.2) is 22.8 Å². The summed E-state index contributed by atoms with van der Waals surface area (Å²) in [5.41, 5.74) is -0.0243. The summed E-state index contributed by atoms with van der Waals surface area (Å²) in [6.45, 7) is 0. The molecule has 1 saturated carbocycles. The highest BCUT2D eigenvalue weighted by Gasteiger charge is 2.45. The van der Waals surface area contributed by atoms with E-state index in [1.54, 1.807) is 6.26 Å². The predicted octanol–water partition coefficient (Wildman–Crippen LogP) is 1.94. The molecule has 1 aliphatic carbocycles. The Bertz CT molecular complexity index is 259. The van der Waals surface area contributed by atoms with Crippen LogP contribution in [0.5, 0.6) is 0 Å². The van der Waals surface area contributed by atoms with Gasteiger partial charge in [0.2, 0.25) is 0 Å². The van der Waals surface area contributed by atoms with Crippen molar-refractivity contribution < 1.29 is 4.42 Å². The van der Waals surface area contributed by atoms with E-state index in [0.29, 0.717) is 0 Å². The van der Waals surface area contributed by atoms with E-state index in [0.717, 1.165) is 18.6 Å². The van der Waals surface area contributed by atoms with Crippen LogP contribution in [0.2, 0.25) is 0 Å². The van der Waals surface area contributed by atoms with Gasteiger partial charge in [-0.05, 0) is 25.0 Å². The van der Waals surface area contributed by atoms with E-state index in [1.165, 1.54) is 0 Å². The van der Waals surface area contributed by atoms with Crippen molar-refractivity contribution in [1.82, 2.24) is 0 Å². The Morgan fingerprint density at radius 2 is 2.40 bits per heavy atom. The predicted molar refractivity (Wildman–Crippen MR) is 38.5 cm³/mol. The monoisotopic (exact) mass is 132 g/mol. The van der Waals surface area contributed by atoms with E-state index in [2.05, 4.69) is 5.92 Å². The normalized spacial score (nSPS) is 19.9. The Labute approximate surface area is 60.0 Å². The first-order valence-electron chi connectivity index (χ1n) is 3.39. The summed E-state index contributed by atoms with van der Waals surface area (Å²) in [6, 6.07) is 3.83. The van der Waals surface area contributed by atoms with Gasteiger partial charge in [0.15, 0.2) is 0 Å². The number of hydrogen-bond donors (Lipinski definition) is 0. The van der Waals surface area contributed by atoms with Gasteiger partial charge >= 0.3 is 0 Å². The molecule has 0 N–H and O–H groups in total. The van der Waals surface area contributed by atoms with Crippen molar-refractivity contribution in [3.63, 3.8) is 0 Å². The van der Waals surface area contributed by atoms with Gasteiger partial charge in [0.05, 0.1) is 11.7 Å². The first kappa shape index (κ1) is 5.61. The van der Waals surface area contributed by atoms with Crippen molar-refractivity contribution in [3.05, 3.63) is 24.2 Å². The molecule has 1 aromatic heterocycles. The van der Waals surface area contributed by atoms with E-state index in [-0.39, 0.29) is 5.41 Å². The van der Waals surface area contributed by atoms with Crippen LogP contribution in [-0.2, 0) is 5.41 Å². The zero-order valence-corrected chi connectivity index (χ0v) is 5.63. The van der Waals surface area contributed by atoms with Crippen LogP contribution in [0.25, 0.3) is 0 Å². The molecule has 0 aliphatic heterocycles. The van der Waals surface area contributed by atoms with Crippen molar-refractivity contribution >= 4 is 0 Å². The lowest BCUT2D eigenvalue weighted by atomic mass is 10.1. The summed E-state index contributed by atoms with van der Waals surface area (Å²) in [5.74, 6) is 3.71. The molecule has 1 nitrogen and oxygen atoms in total. The minimum Gasteiger partial charge on any atom is -0.468 e. The molecule has 1 aliphatic rings. The molecule has 50 valence electrons. The van der Waals surface area contributed by atoms with E-state index < -0.39 is 0 Å². The molecule has 1 fully saturated rings. The molecule has 0 bridgehead atoms. The van der Waals surface area contributed by atoms with Crippen LogP contribution < -0.4 is 0 Å². The minimum atomic E-state index is -0.0243. The lowest BCUT2D eigenvalue weighted by Gasteiger charge is -1.99. The molecular formula is C9H8O. The SMILES string of the molecule is C#CC1(c2ccco2)CC1. The molecule has 0 spiro atoms. The van der Waals surface area contributed by atoms with Gasteiger partial charge in [-0.1, -0.05) is 5.92 Å². The average molecular weight is 132 g/mol. The Hall–Kier alpha value is -1.16. The molecule has 1 aromatic rings. The summed E-state index contributed by atoms with van der Waals surface area (Å²) < 4.78 is 5.21. The summed E-state index contributed by atoms with van der Waals surface area (Å²) in [5, 5.41) is 0. The van der Waals surface area contributed by atoms with E-state index in [4.69, 9.17) is 10.8 Å². The Balaban J connectivity index is 2.38. The van der Waals surface area contributed by atoms with Crippen LogP contribution in [0.4, 0.5) is 0 Å². The molecule has 1 heteroatoms. The molecular weight excluding hydrogens is 124 g/mol. The lowest BCUT2D eigenvalue weighted by Crippen LogP contribution is -1.98. The van der Waals surface area contributed by atoms with E-state index in [1.807, 2.05) is 12.1 Å². The van der Waals surface area contributed by atoms with Gasteiger partial charge in [0.1, 0.15) is 5.76 Å². The standard InChI is InChI=1S/C9H8O/c1-2-9(5-6-9)8-4-3-7-10-8/h1,3-4,7H,5-6H2. The smallest absolute Gasteiger partial charge is 0.121 e. The van der Waals surface area contributed by atoms with Crippen molar-refractivity contribution in [3.8, 4) is 12.3 Å². The molecule has 0 aromatic carbocycles. The second-order valence-electron chi connectivity index (χ2n) is 2.70. The van der Waals surface area contributed by atoms with Crippen molar-refractivity contribution in [1.29, 1.82) is 0 Å². The second-order valence-corrected chi connectivity index (χ2v) is 2.70. The molecule has 0 saturated heterocycles. The average Bonchev–Trinajstić information content (AvgIpc) is 2.58. The van der Waals surface area contributed by atoms with Crippen molar-refractivity contribution in [2.24, 2.45) is 0 Å². The van der Waals surface area contributed by atoms with E-state index >= 15 is 0 Å². The Morgan fingerprint density at radius 1 is 1.60 bits per heavy atom. The highest BCUT2D eigenvalue weighted by Crippen LogP contribution is 2.47. The van der Waals surface area contributed by atoms with Crippen molar-refractivity contribution in [2.75, 3.05) is 0 Å². The zero-order chi connectivity index (χ0) is 7.03. The Kier molecular flexibility index (Phi) is 0.935. The summed E-state index contributed by atoms with van der Waals surface area (Å²) in [6.07, 6.45) is 9.18. The third kappa shape index (κ3) is 0.593. The van der Waals surface area contributed by atoms with Crippen LogP contribution in [-0.4, -0.2) is 0 Å². The van der Waals surface area contributed by atoms with Crippen LogP contribution >= 0.6 is 0 Å². The fourth-order valence-corrected chi connectivity index (χ4v) is 1.14. The maximum absolute atomic E-state index is 5.35. The molecule has 0 unspecified atom stereocenters. The molecule has 2 rings (SSSR count).